The Morgan fingerprint density at radius 1 is 1.25 bits per heavy atom. The van der Waals surface area contributed by atoms with Gasteiger partial charge in [0.25, 0.3) is 0 Å². The van der Waals surface area contributed by atoms with Crippen molar-refractivity contribution in [1.29, 1.82) is 0 Å². The standard InChI is InChI=1S/C16H22N4/c1-2-4-15(5-3-1)12-20-9-6-16(13-20)18-8-11-19-10-7-17-14-19/h1-5,7,10,14,16,18H,6,8-9,11-13H2. The summed E-state index contributed by atoms with van der Waals surface area (Å²) in [6.45, 7) is 5.42. The van der Waals surface area contributed by atoms with Gasteiger partial charge in [-0.15, -0.1) is 0 Å². The largest absolute Gasteiger partial charge is 0.336 e. The molecule has 0 saturated carbocycles. The highest BCUT2D eigenvalue weighted by molar-refractivity contribution is 5.14. The number of rotatable bonds is 6. The highest BCUT2D eigenvalue weighted by Crippen LogP contribution is 2.13. The summed E-state index contributed by atoms with van der Waals surface area (Å²) in [5.74, 6) is 0. The van der Waals surface area contributed by atoms with Gasteiger partial charge in [-0.05, 0) is 12.0 Å². The molecule has 0 aliphatic carbocycles. The topological polar surface area (TPSA) is 33.1 Å². The van der Waals surface area contributed by atoms with Crippen LogP contribution in [0.25, 0.3) is 0 Å². The van der Waals surface area contributed by atoms with Crippen LogP contribution < -0.4 is 5.32 Å². The molecule has 1 aromatic carbocycles. The first kappa shape index (κ1) is 13.3. The van der Waals surface area contributed by atoms with E-state index in [-0.39, 0.29) is 0 Å². The van der Waals surface area contributed by atoms with E-state index in [1.165, 1.54) is 18.5 Å². The number of aromatic nitrogens is 2. The molecule has 20 heavy (non-hydrogen) atoms. The molecule has 1 saturated heterocycles. The molecule has 4 heteroatoms. The first-order valence-corrected chi connectivity index (χ1v) is 7.35. The van der Waals surface area contributed by atoms with Gasteiger partial charge in [-0.25, -0.2) is 4.98 Å². The van der Waals surface area contributed by atoms with Crippen molar-refractivity contribution in [3.8, 4) is 0 Å². The molecule has 2 aromatic rings. The molecular formula is C16H22N4. The van der Waals surface area contributed by atoms with E-state index in [0.29, 0.717) is 6.04 Å². The van der Waals surface area contributed by atoms with Gasteiger partial charge in [0.15, 0.2) is 0 Å². The van der Waals surface area contributed by atoms with Gasteiger partial charge in [-0.3, -0.25) is 4.90 Å². The molecule has 4 nitrogen and oxygen atoms in total. The maximum absolute atomic E-state index is 4.06. The average Bonchev–Trinajstić information content (AvgIpc) is 3.12. The highest BCUT2D eigenvalue weighted by Gasteiger charge is 2.21. The Morgan fingerprint density at radius 3 is 2.95 bits per heavy atom. The van der Waals surface area contributed by atoms with Crippen LogP contribution in [0.2, 0.25) is 0 Å². The summed E-state index contributed by atoms with van der Waals surface area (Å²) in [5.41, 5.74) is 1.41. The van der Waals surface area contributed by atoms with Gasteiger partial charge in [0.05, 0.1) is 6.33 Å². The Kier molecular flexibility index (Phi) is 4.46. The van der Waals surface area contributed by atoms with Crippen molar-refractivity contribution in [3.63, 3.8) is 0 Å². The van der Waals surface area contributed by atoms with Gasteiger partial charge < -0.3 is 9.88 Å². The van der Waals surface area contributed by atoms with E-state index in [2.05, 4.69) is 50.1 Å². The molecule has 1 fully saturated rings. The van der Waals surface area contributed by atoms with Crippen LogP contribution in [-0.4, -0.2) is 40.1 Å². The van der Waals surface area contributed by atoms with Crippen molar-refractivity contribution >= 4 is 0 Å². The summed E-state index contributed by atoms with van der Waals surface area (Å²) in [7, 11) is 0. The minimum Gasteiger partial charge on any atom is -0.336 e. The fourth-order valence-corrected chi connectivity index (χ4v) is 2.80. The predicted octanol–water partition coefficient (Wildman–Crippen LogP) is 1.75. The number of nitrogens with zero attached hydrogens (tertiary/aromatic N) is 3. The van der Waals surface area contributed by atoms with Crippen molar-refractivity contribution in [2.75, 3.05) is 19.6 Å². The maximum atomic E-state index is 4.06. The van der Waals surface area contributed by atoms with E-state index >= 15 is 0 Å². The van der Waals surface area contributed by atoms with E-state index in [0.717, 1.165) is 26.2 Å². The third-order valence-corrected chi connectivity index (χ3v) is 3.88. The van der Waals surface area contributed by atoms with Crippen molar-refractivity contribution in [2.45, 2.75) is 25.6 Å². The summed E-state index contributed by atoms with van der Waals surface area (Å²) in [6, 6.07) is 11.4. The van der Waals surface area contributed by atoms with Crippen LogP contribution in [0.3, 0.4) is 0 Å². The van der Waals surface area contributed by atoms with Crippen LogP contribution in [0.4, 0.5) is 0 Å². The van der Waals surface area contributed by atoms with Gasteiger partial charge in [0, 0.05) is 51.2 Å². The van der Waals surface area contributed by atoms with Crippen molar-refractivity contribution in [1.82, 2.24) is 19.8 Å². The van der Waals surface area contributed by atoms with Gasteiger partial charge >= 0.3 is 0 Å². The number of benzene rings is 1. The van der Waals surface area contributed by atoms with Crippen LogP contribution in [0, 0.1) is 0 Å². The quantitative estimate of drug-likeness (QED) is 0.868. The molecule has 0 radical (unpaired) electrons. The highest BCUT2D eigenvalue weighted by atomic mass is 15.2. The summed E-state index contributed by atoms with van der Waals surface area (Å²) >= 11 is 0. The summed E-state index contributed by atoms with van der Waals surface area (Å²) in [4.78, 5) is 6.59. The van der Waals surface area contributed by atoms with Gasteiger partial charge in [-0.1, -0.05) is 30.3 Å². The molecule has 0 spiro atoms. The fourth-order valence-electron chi connectivity index (χ4n) is 2.80. The number of likely N-dealkylation sites (tertiary alicyclic amines) is 1. The first-order chi connectivity index (χ1) is 9.90. The van der Waals surface area contributed by atoms with Crippen LogP contribution in [0.1, 0.15) is 12.0 Å². The minimum atomic E-state index is 0.627. The first-order valence-electron chi connectivity index (χ1n) is 7.35. The van der Waals surface area contributed by atoms with Crippen molar-refractivity contribution in [2.24, 2.45) is 0 Å². The Balaban J connectivity index is 1.38. The predicted molar refractivity (Wildman–Crippen MR) is 80.4 cm³/mol. The number of hydrogen-bond donors (Lipinski definition) is 1. The van der Waals surface area contributed by atoms with Crippen LogP contribution in [-0.2, 0) is 13.1 Å². The van der Waals surface area contributed by atoms with Crippen molar-refractivity contribution in [3.05, 3.63) is 54.6 Å². The third kappa shape index (κ3) is 3.68. The molecule has 1 aliphatic rings. The molecular weight excluding hydrogens is 248 g/mol. The molecule has 3 rings (SSSR count). The Bertz CT molecular complexity index is 494. The molecule has 1 atom stereocenters. The van der Waals surface area contributed by atoms with E-state index in [1.807, 2.05) is 18.7 Å². The second-order valence-electron chi connectivity index (χ2n) is 5.46. The Labute approximate surface area is 120 Å². The number of nitrogens with one attached hydrogen (secondary N) is 1. The second kappa shape index (κ2) is 6.68. The molecule has 1 unspecified atom stereocenters. The zero-order chi connectivity index (χ0) is 13.6. The zero-order valence-electron chi connectivity index (χ0n) is 11.8. The number of imidazole rings is 1. The Hall–Kier alpha value is -1.65. The molecule has 1 aliphatic heterocycles. The molecule has 2 heterocycles. The lowest BCUT2D eigenvalue weighted by molar-refractivity contribution is 0.319. The lowest BCUT2D eigenvalue weighted by atomic mass is 10.2. The minimum absolute atomic E-state index is 0.627. The molecule has 106 valence electrons. The van der Waals surface area contributed by atoms with Gasteiger partial charge in [-0.2, -0.15) is 0 Å². The number of hydrogen-bond acceptors (Lipinski definition) is 3. The lowest BCUT2D eigenvalue weighted by Crippen LogP contribution is -2.34. The maximum Gasteiger partial charge on any atom is 0.0946 e. The van der Waals surface area contributed by atoms with E-state index < -0.39 is 0 Å². The van der Waals surface area contributed by atoms with E-state index in [1.54, 1.807) is 0 Å². The van der Waals surface area contributed by atoms with E-state index in [9.17, 15) is 0 Å². The smallest absolute Gasteiger partial charge is 0.0946 e. The third-order valence-electron chi connectivity index (χ3n) is 3.88. The van der Waals surface area contributed by atoms with Crippen molar-refractivity contribution < 1.29 is 0 Å². The summed E-state index contributed by atoms with van der Waals surface area (Å²) < 4.78 is 2.11. The molecule has 1 aromatic heterocycles. The van der Waals surface area contributed by atoms with Crippen LogP contribution in [0.15, 0.2) is 49.1 Å². The van der Waals surface area contributed by atoms with Crippen LogP contribution >= 0.6 is 0 Å². The molecule has 1 N–H and O–H groups in total. The SMILES string of the molecule is c1ccc(CN2CCC(NCCn3ccnc3)C2)cc1. The normalized spacial score (nSPS) is 19.5. The lowest BCUT2D eigenvalue weighted by Gasteiger charge is -2.17. The summed E-state index contributed by atoms with van der Waals surface area (Å²) in [6.07, 6.45) is 6.96. The summed E-state index contributed by atoms with van der Waals surface area (Å²) in [5, 5.41) is 3.65. The molecule has 0 amide bonds. The Morgan fingerprint density at radius 2 is 2.15 bits per heavy atom. The monoisotopic (exact) mass is 270 g/mol. The van der Waals surface area contributed by atoms with E-state index in [4.69, 9.17) is 0 Å². The fraction of sp³-hybridized carbons (Fsp3) is 0.438. The van der Waals surface area contributed by atoms with Gasteiger partial charge in [0.2, 0.25) is 0 Å². The molecule has 0 bridgehead atoms. The zero-order valence-corrected chi connectivity index (χ0v) is 11.8. The second-order valence-corrected chi connectivity index (χ2v) is 5.46. The van der Waals surface area contributed by atoms with Crippen LogP contribution in [0.5, 0.6) is 0 Å². The van der Waals surface area contributed by atoms with Gasteiger partial charge in [0.1, 0.15) is 0 Å². The average molecular weight is 270 g/mol.